The van der Waals surface area contributed by atoms with Crippen LogP contribution in [0.3, 0.4) is 0 Å². The SMILES string of the molecule is C=CCCC(NC(=O)OCC1c2ccccc2-c2ccccc21)C(=O)N(C)C(CCC=C)C(=O)O. The number of rotatable bonds is 12. The van der Waals surface area contributed by atoms with Gasteiger partial charge in [0.1, 0.15) is 18.7 Å². The molecular formula is C28H32N2O5. The number of hydrogen-bond acceptors (Lipinski definition) is 4. The molecule has 0 radical (unpaired) electrons. The van der Waals surface area contributed by atoms with Crippen LogP contribution in [0, 0.1) is 0 Å². The van der Waals surface area contributed by atoms with Crippen molar-refractivity contribution < 1.29 is 24.2 Å². The van der Waals surface area contributed by atoms with Crippen LogP contribution in [0.2, 0.25) is 0 Å². The number of amides is 2. The quantitative estimate of drug-likeness (QED) is 0.432. The van der Waals surface area contributed by atoms with E-state index in [0.29, 0.717) is 12.8 Å². The third-order valence-electron chi connectivity index (χ3n) is 6.34. The fourth-order valence-corrected chi connectivity index (χ4v) is 4.48. The third kappa shape index (κ3) is 5.98. The highest BCUT2D eigenvalue weighted by atomic mass is 16.5. The molecule has 7 heteroatoms. The predicted molar refractivity (Wildman–Crippen MR) is 135 cm³/mol. The number of carbonyl (C=O) groups is 3. The van der Waals surface area contributed by atoms with Crippen LogP contribution in [0.15, 0.2) is 73.8 Å². The highest BCUT2D eigenvalue weighted by Gasteiger charge is 2.33. The molecule has 0 aromatic heterocycles. The Hall–Kier alpha value is -3.87. The van der Waals surface area contributed by atoms with Gasteiger partial charge in [-0.25, -0.2) is 9.59 Å². The summed E-state index contributed by atoms with van der Waals surface area (Å²) < 4.78 is 5.58. The van der Waals surface area contributed by atoms with Crippen molar-refractivity contribution in [3.8, 4) is 11.1 Å². The number of benzene rings is 2. The van der Waals surface area contributed by atoms with Gasteiger partial charge in [0.2, 0.25) is 5.91 Å². The van der Waals surface area contributed by atoms with Crippen molar-refractivity contribution in [3.63, 3.8) is 0 Å². The molecule has 0 saturated heterocycles. The summed E-state index contributed by atoms with van der Waals surface area (Å²) >= 11 is 0. The lowest BCUT2D eigenvalue weighted by atomic mass is 9.98. The first-order chi connectivity index (χ1) is 16.9. The largest absolute Gasteiger partial charge is 0.480 e. The van der Waals surface area contributed by atoms with E-state index in [1.54, 1.807) is 12.2 Å². The summed E-state index contributed by atoms with van der Waals surface area (Å²) in [4.78, 5) is 38.7. The first-order valence-corrected chi connectivity index (χ1v) is 11.7. The van der Waals surface area contributed by atoms with E-state index in [0.717, 1.165) is 22.3 Å². The molecule has 2 atom stereocenters. The Morgan fingerprint density at radius 3 is 2.09 bits per heavy atom. The van der Waals surface area contributed by atoms with Crippen molar-refractivity contribution in [2.45, 2.75) is 43.7 Å². The minimum atomic E-state index is -1.11. The molecule has 1 aliphatic rings. The molecule has 0 fully saturated rings. The number of likely N-dealkylation sites (N-methyl/N-ethyl adjacent to an activating group) is 1. The smallest absolute Gasteiger partial charge is 0.407 e. The summed E-state index contributed by atoms with van der Waals surface area (Å²) in [6.45, 7) is 7.41. The van der Waals surface area contributed by atoms with Crippen molar-refractivity contribution in [2.24, 2.45) is 0 Å². The second-order valence-electron chi connectivity index (χ2n) is 8.56. The van der Waals surface area contributed by atoms with Gasteiger partial charge in [-0.15, -0.1) is 13.2 Å². The number of hydrogen-bond donors (Lipinski definition) is 2. The number of alkyl carbamates (subject to hydrolysis) is 1. The fraction of sp³-hybridized carbons (Fsp3) is 0.321. The summed E-state index contributed by atoms with van der Waals surface area (Å²) in [6, 6.07) is 14.1. The lowest BCUT2D eigenvalue weighted by Gasteiger charge is -2.29. The Morgan fingerprint density at radius 2 is 1.54 bits per heavy atom. The van der Waals surface area contributed by atoms with E-state index < -0.39 is 30.1 Å². The predicted octanol–water partition coefficient (Wildman–Crippen LogP) is 4.74. The van der Waals surface area contributed by atoms with Crippen molar-refractivity contribution in [2.75, 3.05) is 13.7 Å². The zero-order valence-corrected chi connectivity index (χ0v) is 20.0. The molecule has 2 N–H and O–H groups in total. The Kier molecular flexibility index (Phi) is 8.84. The minimum Gasteiger partial charge on any atom is -0.480 e. The molecule has 0 heterocycles. The lowest BCUT2D eigenvalue weighted by molar-refractivity contribution is -0.150. The van der Waals surface area contributed by atoms with E-state index in [2.05, 4.69) is 30.6 Å². The van der Waals surface area contributed by atoms with E-state index in [9.17, 15) is 19.5 Å². The van der Waals surface area contributed by atoms with Crippen LogP contribution < -0.4 is 5.32 Å². The number of carboxylic acids is 1. The van der Waals surface area contributed by atoms with Crippen LogP contribution in [-0.2, 0) is 14.3 Å². The van der Waals surface area contributed by atoms with Crippen LogP contribution in [0.1, 0.15) is 42.7 Å². The van der Waals surface area contributed by atoms with Crippen molar-refractivity contribution >= 4 is 18.0 Å². The number of carbonyl (C=O) groups excluding carboxylic acids is 2. The molecule has 184 valence electrons. The van der Waals surface area contributed by atoms with Gasteiger partial charge >= 0.3 is 12.1 Å². The van der Waals surface area contributed by atoms with Gasteiger partial charge in [-0.2, -0.15) is 0 Å². The van der Waals surface area contributed by atoms with Gasteiger partial charge in [0.05, 0.1) is 0 Å². The summed E-state index contributed by atoms with van der Waals surface area (Å²) in [5.74, 6) is -1.70. The van der Waals surface area contributed by atoms with E-state index in [1.807, 2.05) is 36.4 Å². The Balaban J connectivity index is 1.69. The summed E-state index contributed by atoms with van der Waals surface area (Å²) in [5.41, 5.74) is 4.42. The number of nitrogens with one attached hydrogen (secondary N) is 1. The number of ether oxygens (including phenoxy) is 1. The van der Waals surface area contributed by atoms with E-state index >= 15 is 0 Å². The van der Waals surface area contributed by atoms with Gasteiger partial charge in [-0.1, -0.05) is 60.7 Å². The number of aliphatic carboxylic acids is 1. The van der Waals surface area contributed by atoms with Crippen LogP contribution >= 0.6 is 0 Å². The molecular weight excluding hydrogens is 444 g/mol. The molecule has 2 aromatic rings. The normalized spacial score (nSPS) is 13.6. The van der Waals surface area contributed by atoms with Gasteiger partial charge < -0.3 is 20.1 Å². The molecule has 0 saturated carbocycles. The molecule has 0 spiro atoms. The molecule has 3 rings (SSSR count). The summed E-state index contributed by atoms with van der Waals surface area (Å²) in [5, 5.41) is 12.2. The van der Waals surface area contributed by atoms with Gasteiger partial charge in [0.15, 0.2) is 0 Å². The molecule has 2 aromatic carbocycles. The van der Waals surface area contributed by atoms with Gasteiger partial charge in [-0.3, -0.25) is 4.79 Å². The number of fused-ring (bicyclic) bond motifs is 3. The van der Waals surface area contributed by atoms with Crippen molar-refractivity contribution in [3.05, 3.63) is 85.0 Å². The zero-order valence-electron chi connectivity index (χ0n) is 20.0. The highest BCUT2D eigenvalue weighted by molar-refractivity contribution is 5.89. The maximum Gasteiger partial charge on any atom is 0.407 e. The third-order valence-corrected chi connectivity index (χ3v) is 6.34. The van der Waals surface area contributed by atoms with Crippen LogP contribution in [0.4, 0.5) is 4.79 Å². The molecule has 0 bridgehead atoms. The highest BCUT2D eigenvalue weighted by Crippen LogP contribution is 2.44. The van der Waals surface area contributed by atoms with Crippen LogP contribution in [0.25, 0.3) is 11.1 Å². The first kappa shape index (κ1) is 25.7. The van der Waals surface area contributed by atoms with E-state index in [-0.39, 0.29) is 25.4 Å². The second-order valence-corrected chi connectivity index (χ2v) is 8.56. The minimum absolute atomic E-state index is 0.103. The Bertz CT molecular complexity index is 1050. The van der Waals surface area contributed by atoms with Gasteiger partial charge in [-0.05, 0) is 47.9 Å². The van der Waals surface area contributed by atoms with E-state index in [1.165, 1.54) is 11.9 Å². The monoisotopic (exact) mass is 476 g/mol. The Labute approximate surface area is 206 Å². The second kappa shape index (κ2) is 12.0. The molecule has 7 nitrogen and oxygen atoms in total. The van der Waals surface area contributed by atoms with Crippen LogP contribution in [-0.4, -0.2) is 53.7 Å². The molecule has 35 heavy (non-hydrogen) atoms. The van der Waals surface area contributed by atoms with E-state index in [4.69, 9.17) is 4.74 Å². The Morgan fingerprint density at radius 1 is 1.00 bits per heavy atom. The maximum atomic E-state index is 13.1. The number of carboxylic acid groups (broad SMARTS) is 1. The molecule has 2 unspecified atom stereocenters. The zero-order chi connectivity index (χ0) is 25.4. The summed E-state index contributed by atoms with van der Waals surface area (Å²) in [7, 11) is 1.44. The maximum absolute atomic E-state index is 13.1. The topological polar surface area (TPSA) is 95.9 Å². The average molecular weight is 477 g/mol. The lowest BCUT2D eigenvalue weighted by Crippen LogP contribution is -2.52. The number of nitrogens with zero attached hydrogens (tertiary/aromatic N) is 1. The molecule has 0 aliphatic heterocycles. The van der Waals surface area contributed by atoms with Gasteiger partial charge in [0, 0.05) is 13.0 Å². The average Bonchev–Trinajstić information content (AvgIpc) is 3.18. The van der Waals surface area contributed by atoms with Crippen molar-refractivity contribution in [1.82, 2.24) is 10.2 Å². The first-order valence-electron chi connectivity index (χ1n) is 11.7. The number of allylic oxidation sites excluding steroid dienone is 2. The van der Waals surface area contributed by atoms with Crippen molar-refractivity contribution in [1.29, 1.82) is 0 Å². The standard InChI is InChI=1S/C28H32N2O5/c1-4-6-16-24(26(31)30(3)25(27(32)33)17-7-5-2)29-28(34)35-18-23-21-14-10-8-12-19(21)20-13-9-11-15-22(20)23/h4-5,8-15,23-25H,1-2,6-7,16-18H2,3H3,(H,29,34)(H,32,33). The fourth-order valence-electron chi connectivity index (χ4n) is 4.48. The molecule has 1 aliphatic carbocycles. The van der Waals surface area contributed by atoms with Crippen LogP contribution in [0.5, 0.6) is 0 Å². The summed E-state index contributed by atoms with van der Waals surface area (Å²) in [6.07, 6.45) is 3.97. The molecule has 2 amide bonds. The van der Waals surface area contributed by atoms with Gasteiger partial charge in [0.25, 0.3) is 0 Å².